The zero-order chi connectivity index (χ0) is 12.6. The van der Waals surface area contributed by atoms with E-state index < -0.39 is 5.41 Å². The Morgan fingerprint density at radius 1 is 1.59 bits per heavy atom. The Balaban J connectivity index is 2.48. The number of rotatable bonds is 2. The van der Waals surface area contributed by atoms with Crippen LogP contribution in [0.25, 0.3) is 0 Å². The van der Waals surface area contributed by atoms with Crippen molar-refractivity contribution in [3.8, 4) is 6.07 Å². The number of allylic oxidation sites excluding steroid dienone is 2. The van der Waals surface area contributed by atoms with Gasteiger partial charge in [-0.3, -0.25) is 4.79 Å². The van der Waals surface area contributed by atoms with Gasteiger partial charge in [-0.15, -0.1) is 0 Å². The number of ether oxygens (including phenoxy) is 1. The van der Waals surface area contributed by atoms with Gasteiger partial charge in [-0.1, -0.05) is 0 Å². The second-order valence-corrected chi connectivity index (χ2v) is 4.71. The minimum absolute atomic E-state index is 0.0117. The van der Waals surface area contributed by atoms with Crippen molar-refractivity contribution in [1.82, 2.24) is 4.90 Å². The Morgan fingerprint density at radius 2 is 2.29 bits per heavy atom. The van der Waals surface area contributed by atoms with Crippen LogP contribution in [0, 0.1) is 16.7 Å². The van der Waals surface area contributed by atoms with Crippen LogP contribution in [0.2, 0.25) is 0 Å². The van der Waals surface area contributed by atoms with Crippen molar-refractivity contribution in [2.75, 3.05) is 14.2 Å². The Labute approximate surface area is 101 Å². The fourth-order valence-corrected chi connectivity index (χ4v) is 2.66. The standard InChI is InChI=1S/C13H16N2O2/c1-13(6-7-14)10-5-4-9(17-3)8-11(10)15(2)12(13)16/h8H,4-6H2,1-3H3. The Hall–Kier alpha value is -1.76. The van der Waals surface area contributed by atoms with Gasteiger partial charge in [0.2, 0.25) is 5.91 Å². The lowest BCUT2D eigenvalue weighted by atomic mass is 9.77. The van der Waals surface area contributed by atoms with Gasteiger partial charge in [-0.25, -0.2) is 0 Å². The summed E-state index contributed by atoms with van der Waals surface area (Å²) in [5.41, 5.74) is 1.34. The summed E-state index contributed by atoms with van der Waals surface area (Å²) < 4.78 is 5.23. The molecule has 0 saturated carbocycles. The van der Waals surface area contributed by atoms with Crippen molar-refractivity contribution in [2.45, 2.75) is 26.2 Å². The van der Waals surface area contributed by atoms with Gasteiger partial charge >= 0.3 is 0 Å². The summed E-state index contributed by atoms with van der Waals surface area (Å²) in [4.78, 5) is 13.9. The number of carbonyl (C=O) groups excluding carboxylic acids is 1. The van der Waals surface area contributed by atoms with Crippen LogP contribution in [0.4, 0.5) is 0 Å². The Morgan fingerprint density at radius 3 is 2.88 bits per heavy atom. The SMILES string of the molecule is COC1=CC2=C(CC1)C(C)(CC#N)C(=O)N2C. The maximum absolute atomic E-state index is 12.2. The van der Waals surface area contributed by atoms with Crippen LogP contribution >= 0.6 is 0 Å². The molecule has 1 aliphatic heterocycles. The third kappa shape index (κ3) is 1.54. The highest BCUT2D eigenvalue weighted by molar-refractivity contribution is 5.91. The number of hydrogen-bond donors (Lipinski definition) is 0. The molecule has 1 aliphatic carbocycles. The van der Waals surface area contributed by atoms with Crippen molar-refractivity contribution in [1.29, 1.82) is 5.26 Å². The first kappa shape index (κ1) is 11.7. The highest BCUT2D eigenvalue weighted by Gasteiger charge is 2.47. The fourth-order valence-electron chi connectivity index (χ4n) is 2.66. The Bertz CT molecular complexity index is 470. The van der Waals surface area contributed by atoms with Gasteiger partial charge < -0.3 is 9.64 Å². The monoisotopic (exact) mass is 232 g/mol. The minimum atomic E-state index is -0.644. The number of methoxy groups -OCH3 is 1. The first-order valence-electron chi connectivity index (χ1n) is 5.68. The van der Waals surface area contributed by atoms with E-state index in [1.165, 1.54) is 0 Å². The fraction of sp³-hybridized carbons (Fsp3) is 0.538. The van der Waals surface area contributed by atoms with Crippen LogP contribution < -0.4 is 0 Å². The van der Waals surface area contributed by atoms with E-state index in [1.54, 1.807) is 19.1 Å². The molecule has 0 aromatic heterocycles. The van der Waals surface area contributed by atoms with E-state index in [-0.39, 0.29) is 12.3 Å². The minimum Gasteiger partial charge on any atom is -0.501 e. The van der Waals surface area contributed by atoms with Gasteiger partial charge in [0.25, 0.3) is 0 Å². The summed E-state index contributed by atoms with van der Waals surface area (Å²) in [6, 6.07) is 2.13. The largest absolute Gasteiger partial charge is 0.501 e. The first-order chi connectivity index (χ1) is 8.04. The zero-order valence-corrected chi connectivity index (χ0v) is 10.4. The predicted octanol–water partition coefficient (Wildman–Crippen LogP) is 1.96. The molecule has 0 bridgehead atoms. The number of amides is 1. The van der Waals surface area contributed by atoms with Crippen LogP contribution in [-0.2, 0) is 9.53 Å². The summed E-state index contributed by atoms with van der Waals surface area (Å²) in [7, 11) is 3.40. The van der Waals surface area contributed by atoms with Crippen molar-refractivity contribution in [3.63, 3.8) is 0 Å². The molecule has 0 radical (unpaired) electrons. The molecule has 1 atom stereocenters. The van der Waals surface area contributed by atoms with Gasteiger partial charge in [-0.2, -0.15) is 5.26 Å². The average Bonchev–Trinajstić information content (AvgIpc) is 2.52. The summed E-state index contributed by atoms with van der Waals surface area (Å²) in [5.74, 6) is 0.905. The molecule has 2 rings (SSSR count). The lowest BCUT2D eigenvalue weighted by Crippen LogP contribution is -2.32. The number of nitriles is 1. The molecule has 17 heavy (non-hydrogen) atoms. The molecule has 1 heterocycles. The second kappa shape index (κ2) is 3.92. The van der Waals surface area contributed by atoms with E-state index in [1.807, 2.05) is 13.0 Å². The summed E-state index contributed by atoms with van der Waals surface area (Å²) >= 11 is 0. The van der Waals surface area contributed by atoms with Gasteiger partial charge in [0.1, 0.15) is 0 Å². The average molecular weight is 232 g/mol. The number of carbonyl (C=O) groups is 1. The van der Waals surface area contributed by atoms with E-state index in [0.717, 1.165) is 29.9 Å². The van der Waals surface area contributed by atoms with Crippen LogP contribution in [0.15, 0.2) is 23.1 Å². The first-order valence-corrected chi connectivity index (χ1v) is 5.68. The van der Waals surface area contributed by atoms with Crippen LogP contribution in [0.5, 0.6) is 0 Å². The molecule has 2 aliphatic rings. The molecule has 0 saturated heterocycles. The molecule has 4 nitrogen and oxygen atoms in total. The lowest BCUT2D eigenvalue weighted by molar-refractivity contribution is -0.133. The van der Waals surface area contributed by atoms with Gasteiger partial charge in [0, 0.05) is 19.2 Å². The molecule has 1 amide bonds. The van der Waals surface area contributed by atoms with Crippen molar-refractivity contribution in [3.05, 3.63) is 23.1 Å². The molecule has 0 N–H and O–H groups in total. The second-order valence-electron chi connectivity index (χ2n) is 4.71. The molecule has 1 unspecified atom stereocenters. The smallest absolute Gasteiger partial charge is 0.237 e. The summed E-state index contributed by atoms with van der Waals surface area (Å²) in [6.45, 7) is 1.86. The highest BCUT2D eigenvalue weighted by atomic mass is 16.5. The van der Waals surface area contributed by atoms with Crippen molar-refractivity contribution < 1.29 is 9.53 Å². The van der Waals surface area contributed by atoms with E-state index in [9.17, 15) is 4.79 Å². The molecular weight excluding hydrogens is 216 g/mol. The molecule has 90 valence electrons. The number of nitrogens with zero attached hydrogens (tertiary/aromatic N) is 2. The molecule has 4 heteroatoms. The predicted molar refractivity (Wildman–Crippen MR) is 62.5 cm³/mol. The van der Waals surface area contributed by atoms with Crippen LogP contribution in [-0.4, -0.2) is 25.0 Å². The topological polar surface area (TPSA) is 53.3 Å². The van der Waals surface area contributed by atoms with E-state index in [4.69, 9.17) is 10.00 Å². The lowest BCUT2D eigenvalue weighted by Gasteiger charge is -2.23. The molecule has 0 spiro atoms. The Kier molecular flexibility index (Phi) is 2.70. The normalized spacial score (nSPS) is 27.8. The number of hydrogen-bond acceptors (Lipinski definition) is 3. The summed E-state index contributed by atoms with van der Waals surface area (Å²) in [6.07, 6.45) is 3.76. The maximum Gasteiger partial charge on any atom is 0.237 e. The van der Waals surface area contributed by atoms with Gasteiger partial charge in [0.15, 0.2) is 0 Å². The molecule has 0 fully saturated rings. The van der Waals surface area contributed by atoms with Crippen molar-refractivity contribution >= 4 is 5.91 Å². The zero-order valence-electron chi connectivity index (χ0n) is 10.4. The van der Waals surface area contributed by atoms with Gasteiger partial charge in [-0.05, 0) is 25.0 Å². The number of likely N-dealkylation sites (N-methyl/N-ethyl adjacent to an activating group) is 1. The van der Waals surface area contributed by atoms with Crippen LogP contribution in [0.3, 0.4) is 0 Å². The van der Waals surface area contributed by atoms with Gasteiger partial charge in [0.05, 0.1) is 30.8 Å². The highest BCUT2D eigenvalue weighted by Crippen LogP contribution is 2.47. The van der Waals surface area contributed by atoms with E-state index in [2.05, 4.69) is 6.07 Å². The van der Waals surface area contributed by atoms with E-state index >= 15 is 0 Å². The van der Waals surface area contributed by atoms with E-state index in [0.29, 0.717) is 0 Å². The molecule has 0 aromatic rings. The third-order valence-corrected chi connectivity index (χ3v) is 3.73. The van der Waals surface area contributed by atoms with Crippen molar-refractivity contribution in [2.24, 2.45) is 5.41 Å². The van der Waals surface area contributed by atoms with Crippen LogP contribution in [0.1, 0.15) is 26.2 Å². The third-order valence-electron chi connectivity index (χ3n) is 3.73. The molecular formula is C13H16N2O2. The summed E-state index contributed by atoms with van der Waals surface area (Å²) in [5, 5.41) is 8.90. The molecule has 0 aromatic carbocycles. The quantitative estimate of drug-likeness (QED) is 0.731. The maximum atomic E-state index is 12.2.